The lowest BCUT2D eigenvalue weighted by Crippen LogP contribution is -2.16. The van der Waals surface area contributed by atoms with Gasteiger partial charge in [-0.3, -0.25) is 4.79 Å². The third-order valence-corrected chi connectivity index (χ3v) is 3.91. The van der Waals surface area contributed by atoms with E-state index in [2.05, 4.69) is 6.07 Å². The van der Waals surface area contributed by atoms with E-state index in [1.807, 2.05) is 12.1 Å². The Bertz CT molecular complexity index is 415. The second-order valence-corrected chi connectivity index (χ2v) is 5.40. The largest absolute Gasteiger partial charge is 0.293 e. The monoisotopic (exact) mass is 270 g/mol. The Balaban J connectivity index is 2.19. The summed E-state index contributed by atoms with van der Waals surface area (Å²) in [6.07, 6.45) is 5.22. The van der Waals surface area contributed by atoms with Crippen molar-refractivity contribution in [3.63, 3.8) is 0 Å². The predicted molar refractivity (Wildman–Crippen MR) is 72.4 cm³/mol. The van der Waals surface area contributed by atoms with E-state index < -0.39 is 5.38 Å². The van der Waals surface area contributed by atoms with E-state index in [-0.39, 0.29) is 5.78 Å². The average Bonchev–Trinajstić information content (AvgIpc) is 2.37. The second kappa shape index (κ2) is 5.88. The number of carbonyl (C=O) groups excluding carboxylic acids is 1. The summed E-state index contributed by atoms with van der Waals surface area (Å²) in [4.78, 5) is 12.0. The van der Waals surface area contributed by atoms with Gasteiger partial charge in [0.15, 0.2) is 5.78 Å². The summed E-state index contributed by atoms with van der Waals surface area (Å²) in [5, 5.41) is -0.492. The molecule has 1 unspecified atom stereocenters. The van der Waals surface area contributed by atoms with Crippen LogP contribution in [0.15, 0.2) is 18.2 Å². The van der Waals surface area contributed by atoms with Crippen LogP contribution in [-0.4, -0.2) is 17.0 Å². The molecule has 0 aliphatic heterocycles. The molecule has 0 N–H and O–H groups in total. The van der Waals surface area contributed by atoms with Gasteiger partial charge in [0.25, 0.3) is 0 Å². The Morgan fingerprint density at radius 3 is 2.65 bits per heavy atom. The van der Waals surface area contributed by atoms with Gasteiger partial charge >= 0.3 is 0 Å². The lowest BCUT2D eigenvalue weighted by molar-refractivity contribution is 0.0986. The molecule has 2 rings (SSSR count). The van der Waals surface area contributed by atoms with Crippen LogP contribution in [0.2, 0.25) is 0 Å². The molecule has 0 amide bonds. The average molecular weight is 271 g/mol. The first-order valence-electron chi connectivity index (χ1n) is 6.08. The first kappa shape index (κ1) is 12.9. The Morgan fingerprint density at radius 1 is 1.24 bits per heavy atom. The number of benzene rings is 1. The van der Waals surface area contributed by atoms with Gasteiger partial charge in [-0.1, -0.05) is 12.1 Å². The highest BCUT2D eigenvalue weighted by molar-refractivity contribution is 6.34. The molecule has 92 valence electrons. The highest BCUT2D eigenvalue weighted by Gasteiger charge is 2.18. The van der Waals surface area contributed by atoms with Gasteiger partial charge in [0.2, 0.25) is 0 Å². The summed E-state index contributed by atoms with van der Waals surface area (Å²) >= 11 is 11.6. The smallest absolute Gasteiger partial charge is 0.180 e. The molecule has 0 spiro atoms. The fourth-order valence-electron chi connectivity index (χ4n) is 2.29. The predicted octanol–water partition coefficient (Wildman–Crippen LogP) is 3.98. The summed E-state index contributed by atoms with van der Waals surface area (Å²) in [5.41, 5.74) is 3.43. The molecule has 0 saturated carbocycles. The van der Waals surface area contributed by atoms with E-state index in [1.54, 1.807) is 0 Å². The molecule has 0 aromatic heterocycles. The Labute approximate surface area is 112 Å². The number of rotatable bonds is 4. The number of hydrogen-bond donors (Lipinski definition) is 0. The maximum atomic E-state index is 12.0. The Hall–Kier alpha value is -0.530. The van der Waals surface area contributed by atoms with Crippen molar-refractivity contribution in [1.29, 1.82) is 0 Å². The first-order chi connectivity index (χ1) is 8.22. The van der Waals surface area contributed by atoms with Gasteiger partial charge in [0.05, 0.1) is 5.38 Å². The van der Waals surface area contributed by atoms with Gasteiger partial charge in [0.1, 0.15) is 0 Å². The molecule has 0 bridgehead atoms. The Kier molecular flexibility index (Phi) is 4.47. The van der Waals surface area contributed by atoms with Crippen molar-refractivity contribution in [2.75, 3.05) is 5.88 Å². The van der Waals surface area contributed by atoms with Crippen molar-refractivity contribution in [3.8, 4) is 0 Å². The molecule has 0 saturated heterocycles. The van der Waals surface area contributed by atoms with Crippen LogP contribution >= 0.6 is 23.2 Å². The molecule has 1 aliphatic rings. The van der Waals surface area contributed by atoms with Crippen LogP contribution in [-0.2, 0) is 12.8 Å². The first-order valence-corrected chi connectivity index (χ1v) is 7.05. The van der Waals surface area contributed by atoms with Crippen molar-refractivity contribution in [3.05, 3.63) is 34.9 Å². The highest BCUT2D eigenvalue weighted by atomic mass is 35.5. The van der Waals surface area contributed by atoms with Gasteiger partial charge in [0, 0.05) is 11.4 Å². The molecule has 0 fully saturated rings. The van der Waals surface area contributed by atoms with E-state index in [1.165, 1.54) is 24.0 Å². The van der Waals surface area contributed by atoms with Crippen LogP contribution in [0.3, 0.4) is 0 Å². The molecule has 0 radical (unpaired) electrons. The molecule has 1 aromatic carbocycles. The van der Waals surface area contributed by atoms with Gasteiger partial charge in [-0.15, -0.1) is 23.2 Å². The zero-order valence-electron chi connectivity index (χ0n) is 9.72. The summed E-state index contributed by atoms with van der Waals surface area (Å²) in [7, 11) is 0. The van der Waals surface area contributed by atoms with Gasteiger partial charge < -0.3 is 0 Å². The zero-order valence-corrected chi connectivity index (χ0v) is 11.2. The number of carbonyl (C=O) groups is 1. The number of alkyl halides is 2. The maximum Gasteiger partial charge on any atom is 0.180 e. The normalized spacial score (nSPS) is 16.4. The fraction of sp³-hybridized carbons (Fsp3) is 0.500. The van der Waals surface area contributed by atoms with E-state index in [9.17, 15) is 4.79 Å². The standard InChI is InChI=1S/C14H16Cl2O/c15-8-7-13(16)14(17)12-6-5-10-3-1-2-4-11(10)9-12/h5-6,9,13H,1-4,7-8H2. The van der Waals surface area contributed by atoms with Crippen LogP contribution in [0.4, 0.5) is 0 Å². The number of hydrogen-bond acceptors (Lipinski definition) is 1. The number of aryl methyl sites for hydroxylation is 2. The number of Topliss-reactive ketones (excluding diaryl/α,β-unsaturated/α-hetero) is 1. The molecule has 0 heterocycles. The van der Waals surface area contributed by atoms with Gasteiger partial charge in [-0.25, -0.2) is 0 Å². The van der Waals surface area contributed by atoms with E-state index in [4.69, 9.17) is 23.2 Å². The minimum atomic E-state index is -0.492. The van der Waals surface area contributed by atoms with Crippen molar-refractivity contribution < 1.29 is 4.79 Å². The summed E-state index contributed by atoms with van der Waals surface area (Å²) in [6, 6.07) is 5.99. The third kappa shape index (κ3) is 3.02. The molecule has 1 aliphatic carbocycles. The van der Waals surface area contributed by atoms with E-state index in [0.717, 1.165) is 18.4 Å². The molecular formula is C14H16Cl2O. The molecule has 1 nitrogen and oxygen atoms in total. The van der Waals surface area contributed by atoms with Crippen LogP contribution in [0.1, 0.15) is 40.7 Å². The molecule has 3 heteroatoms. The Morgan fingerprint density at radius 2 is 1.94 bits per heavy atom. The highest BCUT2D eigenvalue weighted by Crippen LogP contribution is 2.23. The molecule has 1 atom stereocenters. The SMILES string of the molecule is O=C(c1ccc2c(c1)CCCC2)C(Cl)CCCl. The maximum absolute atomic E-state index is 12.0. The van der Waals surface area contributed by atoms with Crippen LogP contribution < -0.4 is 0 Å². The molecule has 1 aromatic rings. The minimum absolute atomic E-state index is 0.000639. The van der Waals surface area contributed by atoms with Crippen molar-refractivity contribution in [1.82, 2.24) is 0 Å². The zero-order chi connectivity index (χ0) is 12.3. The quantitative estimate of drug-likeness (QED) is 0.598. The summed E-state index contributed by atoms with van der Waals surface area (Å²) < 4.78 is 0. The van der Waals surface area contributed by atoms with Crippen molar-refractivity contribution in [2.24, 2.45) is 0 Å². The van der Waals surface area contributed by atoms with Crippen molar-refractivity contribution in [2.45, 2.75) is 37.5 Å². The third-order valence-electron chi connectivity index (χ3n) is 3.28. The number of fused-ring (bicyclic) bond motifs is 1. The fourth-order valence-corrected chi connectivity index (χ4v) is 2.86. The van der Waals surface area contributed by atoms with E-state index >= 15 is 0 Å². The molecule has 17 heavy (non-hydrogen) atoms. The topological polar surface area (TPSA) is 17.1 Å². The van der Waals surface area contributed by atoms with Crippen LogP contribution in [0.5, 0.6) is 0 Å². The summed E-state index contributed by atoms with van der Waals surface area (Å²) in [6.45, 7) is 0. The summed E-state index contributed by atoms with van der Waals surface area (Å²) in [5.74, 6) is 0.422. The van der Waals surface area contributed by atoms with Crippen molar-refractivity contribution >= 4 is 29.0 Å². The second-order valence-electron chi connectivity index (χ2n) is 4.50. The van der Waals surface area contributed by atoms with Crippen LogP contribution in [0, 0.1) is 0 Å². The van der Waals surface area contributed by atoms with Gasteiger partial charge in [-0.05, 0) is 49.3 Å². The lowest BCUT2D eigenvalue weighted by atomic mass is 9.89. The number of ketones is 1. The van der Waals surface area contributed by atoms with Gasteiger partial charge in [-0.2, -0.15) is 0 Å². The van der Waals surface area contributed by atoms with E-state index in [0.29, 0.717) is 12.3 Å². The lowest BCUT2D eigenvalue weighted by Gasteiger charge is -2.16. The number of halogens is 2. The molecular weight excluding hydrogens is 255 g/mol. The minimum Gasteiger partial charge on any atom is -0.293 e. The van der Waals surface area contributed by atoms with Crippen LogP contribution in [0.25, 0.3) is 0 Å².